The molecule has 0 aliphatic carbocycles. The van der Waals surface area contributed by atoms with Gasteiger partial charge < -0.3 is 9.13 Å². The Morgan fingerprint density at radius 3 is 1.67 bits per heavy atom. The van der Waals surface area contributed by atoms with E-state index in [9.17, 15) is 0 Å². The SMILES string of the molecule is c1ccc(-c2nc(-c3ccccc3)nc(-c3cccc4c3c3ccc5c(c6ccccc6n5-c5ccccc5)c3n4-c3ccc4ccccc4c3)n2)cc1. The third kappa shape index (κ3) is 4.69. The Balaban J connectivity index is 1.29. The maximum atomic E-state index is 5.20. The number of fused-ring (bicyclic) bond motifs is 8. The minimum Gasteiger partial charge on any atom is -0.309 e. The maximum Gasteiger partial charge on any atom is 0.164 e. The molecule has 0 amide bonds. The van der Waals surface area contributed by atoms with Gasteiger partial charge >= 0.3 is 0 Å². The summed E-state index contributed by atoms with van der Waals surface area (Å²) in [4.78, 5) is 15.4. The molecule has 8 aromatic carbocycles. The van der Waals surface area contributed by atoms with Crippen molar-refractivity contribution in [1.29, 1.82) is 0 Å². The van der Waals surface area contributed by atoms with E-state index >= 15 is 0 Å². The van der Waals surface area contributed by atoms with E-state index in [4.69, 9.17) is 15.0 Å². The van der Waals surface area contributed by atoms with Gasteiger partial charge in [0.25, 0.3) is 0 Å². The molecule has 5 nitrogen and oxygen atoms in total. The Hall–Kier alpha value is -7.37. The van der Waals surface area contributed by atoms with Crippen molar-refractivity contribution in [2.24, 2.45) is 0 Å². The zero-order chi connectivity index (χ0) is 35.6. The smallest absolute Gasteiger partial charge is 0.164 e. The Morgan fingerprint density at radius 1 is 0.333 bits per heavy atom. The lowest BCUT2D eigenvalue weighted by Gasteiger charge is -2.11. The molecule has 252 valence electrons. The molecule has 3 heterocycles. The van der Waals surface area contributed by atoms with Crippen LogP contribution >= 0.6 is 0 Å². The van der Waals surface area contributed by atoms with Crippen LogP contribution in [0.1, 0.15) is 0 Å². The second-order valence-electron chi connectivity index (χ2n) is 13.6. The van der Waals surface area contributed by atoms with Crippen molar-refractivity contribution < 1.29 is 0 Å². The van der Waals surface area contributed by atoms with Gasteiger partial charge in [-0.3, -0.25) is 0 Å². The zero-order valence-electron chi connectivity index (χ0n) is 29.1. The molecular formula is C49H31N5. The molecule has 0 fully saturated rings. The molecule has 0 N–H and O–H groups in total. The monoisotopic (exact) mass is 689 g/mol. The molecule has 0 atom stereocenters. The van der Waals surface area contributed by atoms with Gasteiger partial charge in [-0.15, -0.1) is 0 Å². The number of rotatable bonds is 5. The fourth-order valence-corrected chi connectivity index (χ4v) is 8.16. The van der Waals surface area contributed by atoms with E-state index in [2.05, 4.69) is 161 Å². The summed E-state index contributed by atoms with van der Waals surface area (Å²) in [6.07, 6.45) is 0. The van der Waals surface area contributed by atoms with E-state index in [1.807, 2.05) is 36.4 Å². The molecule has 0 radical (unpaired) electrons. The van der Waals surface area contributed by atoms with E-state index in [0.717, 1.165) is 55.4 Å². The Morgan fingerprint density at radius 2 is 0.926 bits per heavy atom. The number of aromatic nitrogens is 5. The highest BCUT2D eigenvalue weighted by atomic mass is 15.0. The summed E-state index contributed by atoms with van der Waals surface area (Å²) in [5.74, 6) is 1.92. The van der Waals surface area contributed by atoms with Gasteiger partial charge in [0.05, 0.1) is 22.1 Å². The normalized spacial score (nSPS) is 11.7. The minimum atomic E-state index is 0.637. The summed E-state index contributed by atoms with van der Waals surface area (Å²) >= 11 is 0. The van der Waals surface area contributed by atoms with Crippen LogP contribution in [0.5, 0.6) is 0 Å². The maximum absolute atomic E-state index is 5.20. The molecular weight excluding hydrogens is 659 g/mol. The average Bonchev–Trinajstić information content (AvgIpc) is 3.77. The van der Waals surface area contributed by atoms with Gasteiger partial charge in [0.1, 0.15) is 0 Å². The van der Waals surface area contributed by atoms with Gasteiger partial charge in [0, 0.05) is 49.6 Å². The summed E-state index contributed by atoms with van der Waals surface area (Å²) in [6, 6.07) is 66.2. The number of hydrogen-bond donors (Lipinski definition) is 0. The predicted octanol–water partition coefficient (Wildman–Crippen LogP) is 12.2. The standard InChI is InChI=1S/C49H31N5/c1-4-16-33(17-5-1)47-50-48(34-18-6-2-7-19-34)52-49(51-47)40-24-14-26-42-44(40)39-29-30-43-45(38-23-12-13-25-41(38)53(43)36-21-8-3-9-22-36)46(39)54(42)37-28-27-32-15-10-11-20-35(32)31-37/h1-31H. The van der Waals surface area contributed by atoms with Gasteiger partial charge in [-0.05, 0) is 53.2 Å². The summed E-state index contributed by atoms with van der Waals surface area (Å²) in [6.45, 7) is 0. The molecule has 0 saturated carbocycles. The van der Waals surface area contributed by atoms with Gasteiger partial charge in [0.2, 0.25) is 0 Å². The van der Waals surface area contributed by atoms with Crippen molar-refractivity contribution in [2.45, 2.75) is 0 Å². The van der Waals surface area contributed by atoms with Crippen molar-refractivity contribution in [3.63, 3.8) is 0 Å². The van der Waals surface area contributed by atoms with E-state index in [1.165, 1.54) is 27.1 Å². The number of para-hydroxylation sites is 2. The molecule has 11 aromatic rings. The number of hydrogen-bond acceptors (Lipinski definition) is 3. The lowest BCUT2D eigenvalue weighted by Crippen LogP contribution is -2.00. The van der Waals surface area contributed by atoms with Gasteiger partial charge in [-0.1, -0.05) is 146 Å². The van der Waals surface area contributed by atoms with E-state index < -0.39 is 0 Å². The first-order chi connectivity index (χ1) is 26.8. The fourth-order valence-electron chi connectivity index (χ4n) is 8.16. The Bertz CT molecular complexity index is 3140. The van der Waals surface area contributed by atoms with Gasteiger partial charge in [0.15, 0.2) is 17.5 Å². The van der Waals surface area contributed by atoms with Crippen molar-refractivity contribution in [2.75, 3.05) is 0 Å². The van der Waals surface area contributed by atoms with E-state index in [-0.39, 0.29) is 0 Å². The highest BCUT2D eigenvalue weighted by Crippen LogP contribution is 2.44. The first-order valence-electron chi connectivity index (χ1n) is 18.2. The zero-order valence-corrected chi connectivity index (χ0v) is 29.1. The van der Waals surface area contributed by atoms with E-state index in [0.29, 0.717) is 17.5 Å². The summed E-state index contributed by atoms with van der Waals surface area (Å²) in [7, 11) is 0. The van der Waals surface area contributed by atoms with Gasteiger partial charge in [-0.25, -0.2) is 15.0 Å². The van der Waals surface area contributed by atoms with E-state index in [1.54, 1.807) is 0 Å². The molecule has 0 bridgehead atoms. The highest BCUT2D eigenvalue weighted by molar-refractivity contribution is 6.28. The van der Waals surface area contributed by atoms with Crippen LogP contribution in [0.2, 0.25) is 0 Å². The molecule has 0 spiro atoms. The van der Waals surface area contributed by atoms with Crippen molar-refractivity contribution in [3.05, 3.63) is 188 Å². The predicted molar refractivity (Wildman–Crippen MR) is 222 cm³/mol. The van der Waals surface area contributed by atoms with Crippen molar-refractivity contribution in [3.8, 4) is 45.5 Å². The van der Waals surface area contributed by atoms with Crippen LogP contribution in [0.25, 0.3) is 99.9 Å². The van der Waals surface area contributed by atoms with Crippen LogP contribution in [0, 0.1) is 0 Å². The first-order valence-corrected chi connectivity index (χ1v) is 18.2. The lowest BCUT2D eigenvalue weighted by molar-refractivity contribution is 1.08. The van der Waals surface area contributed by atoms with Crippen LogP contribution in [-0.4, -0.2) is 24.1 Å². The fraction of sp³-hybridized carbons (Fsp3) is 0. The second-order valence-corrected chi connectivity index (χ2v) is 13.6. The molecule has 5 heteroatoms. The third-order valence-electron chi connectivity index (χ3n) is 10.5. The summed E-state index contributed by atoms with van der Waals surface area (Å²) in [5.41, 5.74) is 9.63. The Kier molecular flexibility index (Phi) is 6.79. The third-order valence-corrected chi connectivity index (χ3v) is 10.5. The van der Waals surface area contributed by atoms with Gasteiger partial charge in [-0.2, -0.15) is 0 Å². The number of benzene rings is 8. The lowest BCUT2D eigenvalue weighted by atomic mass is 10.0. The molecule has 54 heavy (non-hydrogen) atoms. The number of nitrogens with zero attached hydrogens (tertiary/aromatic N) is 5. The molecule has 0 unspecified atom stereocenters. The summed E-state index contributed by atoms with van der Waals surface area (Å²) in [5, 5.41) is 7.04. The molecule has 11 rings (SSSR count). The largest absolute Gasteiger partial charge is 0.309 e. The first kappa shape index (κ1) is 30.3. The topological polar surface area (TPSA) is 48.5 Å². The van der Waals surface area contributed by atoms with Crippen LogP contribution in [0.15, 0.2) is 188 Å². The van der Waals surface area contributed by atoms with Crippen molar-refractivity contribution >= 4 is 54.4 Å². The average molecular weight is 690 g/mol. The second kappa shape index (κ2) is 12.1. The molecule has 0 saturated heterocycles. The molecule has 0 aliphatic heterocycles. The Labute approximate surface area is 311 Å². The van der Waals surface area contributed by atoms with Crippen LogP contribution < -0.4 is 0 Å². The summed E-state index contributed by atoms with van der Waals surface area (Å²) < 4.78 is 4.83. The van der Waals surface area contributed by atoms with Crippen LogP contribution in [0.4, 0.5) is 0 Å². The van der Waals surface area contributed by atoms with Crippen LogP contribution in [0.3, 0.4) is 0 Å². The van der Waals surface area contributed by atoms with Crippen LogP contribution in [-0.2, 0) is 0 Å². The van der Waals surface area contributed by atoms with Crippen molar-refractivity contribution in [1.82, 2.24) is 24.1 Å². The minimum absolute atomic E-state index is 0.637. The highest BCUT2D eigenvalue weighted by Gasteiger charge is 2.24. The molecule has 0 aliphatic rings. The quantitative estimate of drug-likeness (QED) is 0.181. The molecule has 3 aromatic heterocycles.